The quantitative estimate of drug-likeness (QED) is 0.257. The number of ether oxygens (including phenoxy) is 3. The molecule has 0 bridgehead atoms. The molecular weight excluding hydrogens is 352 g/mol. The summed E-state index contributed by atoms with van der Waals surface area (Å²) in [4.78, 5) is 49.6. The van der Waals surface area contributed by atoms with Gasteiger partial charge in [0, 0.05) is 12.8 Å². The molecule has 0 amide bonds. The summed E-state index contributed by atoms with van der Waals surface area (Å²) in [7, 11) is 0. The van der Waals surface area contributed by atoms with E-state index in [-0.39, 0.29) is 51.4 Å². The first kappa shape index (κ1) is 25.1. The van der Waals surface area contributed by atoms with E-state index < -0.39 is 29.1 Å². The molecule has 0 aromatic heterocycles. The Morgan fingerprint density at radius 3 is 1.93 bits per heavy atom. The van der Waals surface area contributed by atoms with Gasteiger partial charge in [-0.3, -0.25) is 19.2 Å². The fraction of sp³-hybridized carbons (Fsp3) is 0.750. The summed E-state index contributed by atoms with van der Waals surface area (Å²) >= 11 is 0. The molecule has 1 unspecified atom stereocenters. The zero-order valence-corrected chi connectivity index (χ0v) is 17.2. The van der Waals surface area contributed by atoms with E-state index in [2.05, 4.69) is 0 Å². The van der Waals surface area contributed by atoms with Gasteiger partial charge in [-0.15, -0.1) is 0 Å². The highest BCUT2D eigenvalue weighted by molar-refractivity contribution is 6.12. The summed E-state index contributed by atoms with van der Waals surface area (Å²) in [6.45, 7) is 9.14. The van der Waals surface area contributed by atoms with Crippen LogP contribution in [0, 0.1) is 11.3 Å². The third kappa shape index (κ3) is 7.31. The smallest absolute Gasteiger partial charge is 0.320 e. The van der Waals surface area contributed by atoms with Gasteiger partial charge >= 0.3 is 17.9 Å². The molecule has 0 spiro atoms. The Labute approximate surface area is 162 Å². The van der Waals surface area contributed by atoms with Gasteiger partial charge in [-0.2, -0.15) is 0 Å². The van der Waals surface area contributed by atoms with Crippen LogP contribution in [0.25, 0.3) is 0 Å². The molecular formula is C20H33O7. The number of carbonyl (C=O) groups excluding carboxylic acids is 4. The fourth-order valence-corrected chi connectivity index (χ4v) is 2.72. The van der Waals surface area contributed by atoms with Crippen molar-refractivity contribution in [3.8, 4) is 0 Å². The standard InChI is InChI=1S/C20H33O7/c1-6-13-26-18(23)15(5)20(8-3,19(24)27-14-7-2)16(21)11-10-12-17(22)25-9-4/h6-14H2,1-5H3. The normalized spacial score (nSPS) is 13.0. The molecule has 0 N–H and O–H groups in total. The lowest BCUT2D eigenvalue weighted by molar-refractivity contribution is -0.164. The van der Waals surface area contributed by atoms with E-state index in [4.69, 9.17) is 14.2 Å². The van der Waals surface area contributed by atoms with E-state index in [1.165, 1.54) is 6.92 Å². The summed E-state index contributed by atoms with van der Waals surface area (Å²) in [5.74, 6) is -2.23. The number of rotatable bonds is 14. The second-order valence-electron chi connectivity index (χ2n) is 6.24. The predicted octanol–water partition coefficient (Wildman–Crippen LogP) is 3.19. The molecule has 27 heavy (non-hydrogen) atoms. The molecule has 0 rings (SSSR count). The zero-order chi connectivity index (χ0) is 20.9. The molecule has 0 aromatic carbocycles. The van der Waals surface area contributed by atoms with Crippen LogP contribution in [-0.4, -0.2) is 43.5 Å². The Bertz CT molecular complexity index is 501. The third-order valence-electron chi connectivity index (χ3n) is 4.27. The molecule has 0 aliphatic carbocycles. The first-order valence-corrected chi connectivity index (χ1v) is 9.68. The Hall–Kier alpha value is -1.92. The van der Waals surface area contributed by atoms with Crippen molar-refractivity contribution < 1.29 is 33.4 Å². The van der Waals surface area contributed by atoms with Crippen LogP contribution in [0.15, 0.2) is 0 Å². The summed E-state index contributed by atoms with van der Waals surface area (Å²) < 4.78 is 15.2. The lowest BCUT2D eigenvalue weighted by atomic mass is 9.69. The molecule has 0 aliphatic heterocycles. The maximum absolute atomic E-state index is 13.0. The Balaban J connectivity index is 5.41. The molecule has 0 fully saturated rings. The average molecular weight is 385 g/mol. The number of hydrogen-bond acceptors (Lipinski definition) is 7. The second kappa shape index (κ2) is 13.3. The third-order valence-corrected chi connectivity index (χ3v) is 4.27. The minimum Gasteiger partial charge on any atom is -0.466 e. The summed E-state index contributed by atoms with van der Waals surface area (Å²) in [5, 5.41) is 0. The van der Waals surface area contributed by atoms with Crippen molar-refractivity contribution >= 4 is 23.7 Å². The Morgan fingerprint density at radius 2 is 1.41 bits per heavy atom. The van der Waals surface area contributed by atoms with Gasteiger partial charge < -0.3 is 14.2 Å². The van der Waals surface area contributed by atoms with Gasteiger partial charge in [0.15, 0.2) is 5.78 Å². The van der Waals surface area contributed by atoms with Crippen molar-refractivity contribution in [2.45, 2.75) is 73.1 Å². The van der Waals surface area contributed by atoms with Crippen LogP contribution in [0.2, 0.25) is 0 Å². The Morgan fingerprint density at radius 1 is 0.815 bits per heavy atom. The number of esters is 3. The highest BCUT2D eigenvalue weighted by Gasteiger charge is 2.53. The van der Waals surface area contributed by atoms with E-state index >= 15 is 0 Å². The largest absolute Gasteiger partial charge is 0.466 e. The predicted molar refractivity (Wildman–Crippen MR) is 99.6 cm³/mol. The van der Waals surface area contributed by atoms with Crippen LogP contribution < -0.4 is 0 Å². The number of Topliss-reactive ketones (excluding diaryl/α,β-unsaturated/α-hetero) is 1. The van der Waals surface area contributed by atoms with Crippen LogP contribution in [0.5, 0.6) is 0 Å². The fourth-order valence-electron chi connectivity index (χ4n) is 2.72. The number of hydrogen-bond donors (Lipinski definition) is 0. The second-order valence-corrected chi connectivity index (χ2v) is 6.24. The molecule has 0 aromatic rings. The molecule has 0 heterocycles. The van der Waals surface area contributed by atoms with Crippen LogP contribution in [0.1, 0.15) is 73.1 Å². The first-order valence-electron chi connectivity index (χ1n) is 9.68. The van der Waals surface area contributed by atoms with Crippen LogP contribution in [-0.2, 0) is 33.4 Å². The highest BCUT2D eigenvalue weighted by Crippen LogP contribution is 2.38. The summed E-state index contributed by atoms with van der Waals surface area (Å²) in [5.41, 5.74) is -1.69. The van der Waals surface area contributed by atoms with Crippen LogP contribution >= 0.6 is 0 Å². The SMILES string of the molecule is CCCOC(=O)[C](C)C(CC)(C(=O)CCCC(=O)OCC)C(=O)OCCC. The van der Waals surface area contributed by atoms with Crippen molar-refractivity contribution in [1.82, 2.24) is 0 Å². The lowest BCUT2D eigenvalue weighted by Gasteiger charge is -2.32. The molecule has 0 saturated carbocycles. The first-order chi connectivity index (χ1) is 12.8. The molecule has 0 aliphatic rings. The van der Waals surface area contributed by atoms with Crippen LogP contribution in [0.4, 0.5) is 0 Å². The molecule has 0 saturated heterocycles. The van der Waals surface area contributed by atoms with E-state index in [1.54, 1.807) is 13.8 Å². The van der Waals surface area contributed by atoms with Gasteiger partial charge in [0.2, 0.25) is 0 Å². The van der Waals surface area contributed by atoms with Gasteiger partial charge in [0.1, 0.15) is 11.3 Å². The zero-order valence-electron chi connectivity index (χ0n) is 17.2. The van der Waals surface area contributed by atoms with Crippen molar-refractivity contribution in [2.75, 3.05) is 19.8 Å². The summed E-state index contributed by atoms with van der Waals surface area (Å²) in [6.07, 6.45) is 1.58. The maximum Gasteiger partial charge on any atom is 0.320 e. The lowest BCUT2D eigenvalue weighted by Crippen LogP contribution is -2.47. The molecule has 155 valence electrons. The van der Waals surface area contributed by atoms with Crippen LogP contribution in [0.3, 0.4) is 0 Å². The minimum atomic E-state index is -1.69. The summed E-state index contributed by atoms with van der Waals surface area (Å²) in [6, 6.07) is 0. The van der Waals surface area contributed by atoms with Gasteiger partial charge in [-0.1, -0.05) is 20.8 Å². The van der Waals surface area contributed by atoms with E-state index in [0.717, 1.165) is 0 Å². The van der Waals surface area contributed by atoms with Gasteiger partial charge in [-0.05, 0) is 39.5 Å². The van der Waals surface area contributed by atoms with Crippen molar-refractivity contribution in [1.29, 1.82) is 0 Å². The average Bonchev–Trinajstić information content (AvgIpc) is 2.65. The number of ketones is 1. The highest BCUT2D eigenvalue weighted by atomic mass is 16.5. The van der Waals surface area contributed by atoms with E-state index in [1.807, 2.05) is 13.8 Å². The Kier molecular flexibility index (Phi) is 12.3. The van der Waals surface area contributed by atoms with E-state index in [9.17, 15) is 19.2 Å². The maximum atomic E-state index is 13.0. The number of carbonyl (C=O) groups is 4. The van der Waals surface area contributed by atoms with Crippen molar-refractivity contribution in [2.24, 2.45) is 5.41 Å². The molecule has 7 nitrogen and oxygen atoms in total. The van der Waals surface area contributed by atoms with Crippen molar-refractivity contribution in [3.05, 3.63) is 5.92 Å². The topological polar surface area (TPSA) is 96.0 Å². The molecule has 7 heteroatoms. The van der Waals surface area contributed by atoms with Gasteiger partial charge in [0.25, 0.3) is 0 Å². The monoisotopic (exact) mass is 385 g/mol. The van der Waals surface area contributed by atoms with Gasteiger partial charge in [-0.25, -0.2) is 0 Å². The van der Waals surface area contributed by atoms with Gasteiger partial charge in [0.05, 0.1) is 19.8 Å². The van der Waals surface area contributed by atoms with Crippen molar-refractivity contribution in [3.63, 3.8) is 0 Å². The minimum absolute atomic E-state index is 0.0284. The molecule has 1 atom stereocenters. The molecule has 1 radical (unpaired) electrons. The van der Waals surface area contributed by atoms with E-state index in [0.29, 0.717) is 12.8 Å².